The van der Waals surface area contributed by atoms with Crippen molar-refractivity contribution >= 4 is 35.0 Å². The second kappa shape index (κ2) is 13.0. The molecule has 1 heterocycles. The number of hydrogen-bond donors (Lipinski definition) is 3. The molecule has 7 nitrogen and oxygen atoms in total. The number of aliphatic hydroxyl groups excluding tert-OH is 2. The zero-order chi connectivity index (χ0) is 27.1. The lowest BCUT2D eigenvalue weighted by atomic mass is 9.78. The van der Waals surface area contributed by atoms with Gasteiger partial charge in [0.2, 0.25) is 0 Å². The van der Waals surface area contributed by atoms with Crippen LogP contribution in [0.1, 0.15) is 31.0 Å². The lowest BCUT2D eigenvalue weighted by Gasteiger charge is -2.46. The quantitative estimate of drug-likeness (QED) is 0.301. The van der Waals surface area contributed by atoms with Gasteiger partial charge in [-0.25, -0.2) is 5.48 Å². The highest BCUT2D eigenvalue weighted by Crippen LogP contribution is 2.44. The van der Waals surface area contributed by atoms with Gasteiger partial charge in [-0.2, -0.15) is 0 Å². The van der Waals surface area contributed by atoms with Gasteiger partial charge in [0.1, 0.15) is 0 Å². The number of allylic oxidation sites excluding steroid dienone is 2. The predicted octanol–water partition coefficient (Wildman–Crippen LogP) is 4.54. The second-order valence-electron chi connectivity index (χ2n) is 8.72. The van der Waals surface area contributed by atoms with Gasteiger partial charge in [-0.1, -0.05) is 78.3 Å². The van der Waals surface area contributed by atoms with Crippen molar-refractivity contribution in [2.24, 2.45) is 5.92 Å². The van der Waals surface area contributed by atoms with E-state index < -0.39 is 42.5 Å². The number of hydroxylamine groups is 1. The molecule has 9 heteroatoms. The van der Waals surface area contributed by atoms with E-state index in [1.807, 2.05) is 30.3 Å². The minimum absolute atomic E-state index is 0.132. The molecule has 3 N–H and O–H groups in total. The molecule has 0 spiro atoms. The largest absolute Gasteiger partial charge is 0.394 e. The third kappa shape index (κ3) is 6.50. The molecule has 2 unspecified atom stereocenters. The molecule has 0 aromatic heterocycles. The number of benzene rings is 2. The van der Waals surface area contributed by atoms with E-state index in [1.165, 1.54) is 24.0 Å². The fourth-order valence-electron chi connectivity index (χ4n) is 4.43. The molecule has 1 aliphatic heterocycles. The summed E-state index contributed by atoms with van der Waals surface area (Å²) in [4.78, 5) is 34.3. The van der Waals surface area contributed by atoms with Gasteiger partial charge < -0.3 is 15.1 Å². The summed E-state index contributed by atoms with van der Waals surface area (Å²) in [7, 11) is 0. The summed E-state index contributed by atoms with van der Waals surface area (Å²) in [5.74, 6) is -1.96. The van der Waals surface area contributed by atoms with Crippen LogP contribution in [0.3, 0.4) is 0 Å². The van der Waals surface area contributed by atoms with Gasteiger partial charge in [-0.3, -0.25) is 14.4 Å². The summed E-state index contributed by atoms with van der Waals surface area (Å²) in [6.45, 7) is 6.40. The van der Waals surface area contributed by atoms with E-state index in [1.54, 1.807) is 31.2 Å². The Morgan fingerprint density at radius 2 is 1.95 bits per heavy atom. The van der Waals surface area contributed by atoms with Gasteiger partial charge in [0.25, 0.3) is 11.8 Å². The molecule has 2 amide bonds. The monoisotopic (exact) mass is 544 g/mol. The third-order valence-electron chi connectivity index (χ3n) is 6.29. The van der Waals surface area contributed by atoms with Crippen LogP contribution >= 0.6 is 23.2 Å². The van der Waals surface area contributed by atoms with Crippen LogP contribution in [0.15, 0.2) is 84.5 Å². The average molecular weight is 545 g/mol. The van der Waals surface area contributed by atoms with Crippen molar-refractivity contribution in [3.8, 4) is 0 Å². The predicted molar refractivity (Wildman–Crippen MR) is 144 cm³/mol. The molecule has 0 saturated carbocycles. The van der Waals surface area contributed by atoms with E-state index in [9.17, 15) is 19.8 Å². The Kier molecular flexibility index (Phi) is 10.1. The molecule has 0 fully saturated rings. The van der Waals surface area contributed by atoms with Crippen molar-refractivity contribution in [1.82, 2.24) is 10.4 Å². The normalized spacial score (nSPS) is 19.7. The first-order valence-electron chi connectivity index (χ1n) is 11.7. The van der Waals surface area contributed by atoms with Crippen LogP contribution in [0, 0.1) is 5.92 Å². The number of carbonyl (C=O) groups is 2. The van der Waals surface area contributed by atoms with Crippen molar-refractivity contribution in [2.45, 2.75) is 38.6 Å². The van der Waals surface area contributed by atoms with E-state index in [2.05, 4.69) is 12.1 Å². The minimum atomic E-state index is -1.11. The van der Waals surface area contributed by atoms with Crippen LogP contribution in [0.2, 0.25) is 10.0 Å². The summed E-state index contributed by atoms with van der Waals surface area (Å²) in [5.41, 5.74) is 4.52. The number of carbonyl (C=O) groups excluding carboxylic acids is 2. The highest BCUT2D eigenvalue weighted by molar-refractivity contribution is 6.35. The van der Waals surface area contributed by atoms with Gasteiger partial charge in [0, 0.05) is 15.6 Å². The maximum Gasteiger partial charge on any atom is 0.254 e. The van der Waals surface area contributed by atoms with Gasteiger partial charge in [0.15, 0.2) is 0 Å². The van der Waals surface area contributed by atoms with Crippen molar-refractivity contribution in [1.29, 1.82) is 0 Å². The summed E-state index contributed by atoms with van der Waals surface area (Å²) in [6, 6.07) is 12.1. The molecule has 1 aliphatic rings. The van der Waals surface area contributed by atoms with Crippen molar-refractivity contribution in [3.63, 3.8) is 0 Å². The lowest BCUT2D eigenvalue weighted by Crippen LogP contribution is -2.56. The Bertz CT molecular complexity index is 1200. The van der Waals surface area contributed by atoms with Crippen LogP contribution in [-0.2, 0) is 21.0 Å². The first kappa shape index (κ1) is 28.6. The molecular formula is C28H30Cl2N2O5. The number of halogens is 2. The van der Waals surface area contributed by atoms with Crippen LogP contribution < -0.4 is 5.48 Å². The number of rotatable bonds is 10. The van der Waals surface area contributed by atoms with Crippen molar-refractivity contribution in [3.05, 3.63) is 106 Å². The number of hydrogen-bond acceptors (Lipinski definition) is 5. The molecule has 4 atom stereocenters. The molecule has 2 aromatic rings. The lowest BCUT2D eigenvalue weighted by molar-refractivity contribution is -0.148. The standard InChI is InChI=1S/C28H30Cl2N2O5/c1-4-5-11-21-17(2)25(27(35)31-37-16-19-9-7-6-8-10-19)26(22-13-12-20(29)14-23(22)30)32(28(21)36)24(15-33)18(3)34/h4-14,18,24-26,33-34H,1,15-16H2,2-3H3,(H,31,35)/b11-5-/t18-,24+,25?,26?/m1/s1. The Labute approximate surface area is 226 Å². The number of nitrogens with zero attached hydrogens (tertiary/aromatic N) is 1. The Hall–Kier alpha value is -2.94. The summed E-state index contributed by atoms with van der Waals surface area (Å²) in [6.07, 6.45) is 3.54. The summed E-state index contributed by atoms with van der Waals surface area (Å²) < 4.78 is 0. The Morgan fingerprint density at radius 3 is 2.54 bits per heavy atom. The molecule has 37 heavy (non-hydrogen) atoms. The maximum absolute atomic E-state index is 13.8. The van der Waals surface area contributed by atoms with Crippen molar-refractivity contribution in [2.75, 3.05) is 6.61 Å². The summed E-state index contributed by atoms with van der Waals surface area (Å²) >= 11 is 12.7. The van der Waals surface area contributed by atoms with E-state index >= 15 is 0 Å². The summed E-state index contributed by atoms with van der Waals surface area (Å²) in [5, 5.41) is 21.3. The van der Waals surface area contributed by atoms with Crippen LogP contribution in [-0.4, -0.2) is 45.7 Å². The van der Waals surface area contributed by atoms with Crippen molar-refractivity contribution < 1.29 is 24.6 Å². The molecule has 0 bridgehead atoms. The molecular weight excluding hydrogens is 515 g/mol. The topological polar surface area (TPSA) is 99.1 Å². The smallest absolute Gasteiger partial charge is 0.254 e. The fourth-order valence-corrected chi connectivity index (χ4v) is 4.96. The molecule has 0 aliphatic carbocycles. The number of nitrogens with one attached hydrogen (secondary N) is 1. The van der Waals surface area contributed by atoms with Crippen LogP contribution in [0.4, 0.5) is 0 Å². The van der Waals surface area contributed by atoms with E-state index in [0.29, 0.717) is 16.2 Å². The highest BCUT2D eigenvalue weighted by atomic mass is 35.5. The average Bonchev–Trinajstić information content (AvgIpc) is 2.86. The number of aliphatic hydroxyl groups is 2. The molecule has 3 rings (SSSR count). The van der Waals surface area contributed by atoms with E-state index in [-0.39, 0.29) is 17.2 Å². The highest BCUT2D eigenvalue weighted by Gasteiger charge is 2.47. The zero-order valence-corrected chi connectivity index (χ0v) is 22.1. The first-order chi connectivity index (χ1) is 17.7. The van der Waals surface area contributed by atoms with Crippen LogP contribution in [0.5, 0.6) is 0 Å². The minimum Gasteiger partial charge on any atom is -0.394 e. The van der Waals surface area contributed by atoms with Gasteiger partial charge in [-0.15, -0.1) is 0 Å². The molecule has 2 aromatic carbocycles. The second-order valence-corrected chi connectivity index (χ2v) is 9.57. The third-order valence-corrected chi connectivity index (χ3v) is 6.85. The SMILES string of the molecule is C=C/C=C\C1=C(C)C(C(=O)NOCc2ccccc2)C(c2ccc(Cl)cc2Cl)N([C@@H](CO)[C@@H](C)O)C1=O. The fraction of sp³-hybridized carbons (Fsp3) is 0.286. The van der Waals surface area contributed by atoms with Gasteiger partial charge in [0.05, 0.1) is 37.3 Å². The molecule has 0 saturated heterocycles. The van der Waals surface area contributed by atoms with Gasteiger partial charge >= 0.3 is 0 Å². The Morgan fingerprint density at radius 1 is 1.24 bits per heavy atom. The molecule has 0 radical (unpaired) electrons. The molecule has 196 valence electrons. The van der Waals surface area contributed by atoms with Crippen LogP contribution in [0.25, 0.3) is 0 Å². The zero-order valence-electron chi connectivity index (χ0n) is 20.6. The van der Waals surface area contributed by atoms with E-state index in [0.717, 1.165) is 5.56 Å². The number of amides is 2. The maximum atomic E-state index is 13.8. The Balaban J connectivity index is 2.13. The van der Waals surface area contributed by atoms with Gasteiger partial charge in [-0.05, 0) is 48.8 Å². The van der Waals surface area contributed by atoms with E-state index in [4.69, 9.17) is 28.0 Å². The first-order valence-corrected chi connectivity index (χ1v) is 12.5.